The molecular formula is C25H24N2O5. The highest BCUT2D eigenvalue weighted by molar-refractivity contribution is 5.93. The third kappa shape index (κ3) is 5.07. The Morgan fingerprint density at radius 3 is 2.16 bits per heavy atom. The first kappa shape index (κ1) is 21.4. The number of benzene rings is 3. The third-order valence-electron chi connectivity index (χ3n) is 5.23. The fraction of sp³-hybridized carbons (Fsp3) is 0.200. The lowest BCUT2D eigenvalue weighted by atomic mass is 10.1. The number of nitrogens with one attached hydrogen (secondary N) is 1. The van der Waals surface area contributed by atoms with Gasteiger partial charge in [-0.05, 0) is 41.3 Å². The van der Waals surface area contributed by atoms with Gasteiger partial charge in [0.1, 0.15) is 13.2 Å². The zero-order chi connectivity index (χ0) is 22.3. The van der Waals surface area contributed by atoms with E-state index in [4.69, 9.17) is 9.47 Å². The Bertz CT molecular complexity index is 1070. The van der Waals surface area contributed by atoms with Gasteiger partial charge in [-0.15, -0.1) is 0 Å². The van der Waals surface area contributed by atoms with E-state index in [0.717, 1.165) is 16.7 Å². The molecule has 0 fully saturated rings. The van der Waals surface area contributed by atoms with Crippen molar-refractivity contribution in [2.24, 2.45) is 0 Å². The summed E-state index contributed by atoms with van der Waals surface area (Å²) in [6, 6.07) is 23.6. The molecule has 2 amide bonds. The predicted molar refractivity (Wildman–Crippen MR) is 120 cm³/mol. The number of aliphatic hydroxyl groups is 1. The largest absolute Gasteiger partial charge is 0.444 e. The van der Waals surface area contributed by atoms with Crippen LogP contribution in [-0.2, 0) is 29.1 Å². The maximum atomic E-state index is 12.7. The summed E-state index contributed by atoms with van der Waals surface area (Å²) in [4.78, 5) is 26.3. The van der Waals surface area contributed by atoms with Crippen molar-refractivity contribution in [1.29, 1.82) is 0 Å². The summed E-state index contributed by atoms with van der Waals surface area (Å²) in [5.41, 5.74) is 3.83. The van der Waals surface area contributed by atoms with Gasteiger partial charge in [0.15, 0.2) is 0 Å². The monoisotopic (exact) mass is 432 g/mol. The number of fused-ring (bicyclic) bond motifs is 1. The highest BCUT2D eigenvalue weighted by Crippen LogP contribution is 2.35. The first-order valence-corrected chi connectivity index (χ1v) is 10.4. The maximum absolute atomic E-state index is 12.7. The number of nitrogens with zero attached hydrogens (tertiary/aromatic N) is 1. The predicted octanol–water partition coefficient (Wildman–Crippen LogP) is 4.50. The van der Waals surface area contributed by atoms with Crippen molar-refractivity contribution in [3.8, 4) is 0 Å². The van der Waals surface area contributed by atoms with Crippen LogP contribution in [0.3, 0.4) is 0 Å². The first-order chi connectivity index (χ1) is 15.6. The molecule has 0 bridgehead atoms. The van der Waals surface area contributed by atoms with E-state index in [1.54, 1.807) is 18.2 Å². The molecule has 0 aromatic heterocycles. The van der Waals surface area contributed by atoms with Gasteiger partial charge in [-0.25, -0.2) is 9.59 Å². The Labute approximate surface area is 186 Å². The molecule has 0 saturated heterocycles. The van der Waals surface area contributed by atoms with Crippen LogP contribution in [0.5, 0.6) is 0 Å². The molecule has 7 nitrogen and oxygen atoms in total. The Morgan fingerprint density at radius 2 is 1.53 bits per heavy atom. The van der Waals surface area contributed by atoms with Gasteiger partial charge in [-0.1, -0.05) is 60.7 Å². The normalized spacial score (nSPS) is 14.5. The molecule has 2 N–H and O–H groups in total. The smallest absolute Gasteiger partial charge is 0.414 e. The van der Waals surface area contributed by atoms with E-state index in [1.165, 1.54) is 4.90 Å². The number of carbonyl (C=O) groups is 2. The maximum Gasteiger partial charge on any atom is 0.414 e. The standard InChI is InChI=1S/C25H24N2O5/c28-15-22-14-20-13-21(26-24(29)31-16-18-7-3-1-4-8-18)11-12-23(20)27(22)25(30)32-17-19-9-5-2-6-10-19/h1-13,22,28H,14-17H2,(H,26,29). The quantitative estimate of drug-likeness (QED) is 0.599. The van der Waals surface area contributed by atoms with Crippen molar-refractivity contribution in [1.82, 2.24) is 0 Å². The number of hydrogen-bond donors (Lipinski definition) is 2. The lowest BCUT2D eigenvalue weighted by molar-refractivity contribution is 0.141. The van der Waals surface area contributed by atoms with E-state index in [-0.39, 0.29) is 19.8 Å². The molecule has 0 spiro atoms. The number of carbonyl (C=O) groups excluding carboxylic acids is 2. The number of amides is 2. The van der Waals surface area contributed by atoms with E-state index in [1.807, 2.05) is 60.7 Å². The van der Waals surface area contributed by atoms with Crippen LogP contribution in [0, 0.1) is 0 Å². The van der Waals surface area contributed by atoms with Gasteiger partial charge in [0.25, 0.3) is 0 Å². The zero-order valence-electron chi connectivity index (χ0n) is 17.4. The van der Waals surface area contributed by atoms with Gasteiger partial charge in [0, 0.05) is 5.69 Å². The SMILES string of the molecule is O=C(Nc1ccc2c(c1)CC(CO)N2C(=O)OCc1ccccc1)OCc1ccccc1. The van der Waals surface area contributed by atoms with Crippen LogP contribution in [0.15, 0.2) is 78.9 Å². The number of anilines is 2. The minimum Gasteiger partial charge on any atom is -0.444 e. The van der Waals surface area contributed by atoms with Crippen molar-refractivity contribution in [3.05, 3.63) is 95.6 Å². The Kier molecular flexibility index (Phi) is 6.67. The van der Waals surface area contributed by atoms with Crippen LogP contribution in [0.1, 0.15) is 16.7 Å². The molecule has 0 aliphatic carbocycles. The highest BCUT2D eigenvalue weighted by Gasteiger charge is 2.34. The average molecular weight is 432 g/mol. The van der Waals surface area contributed by atoms with Crippen LogP contribution >= 0.6 is 0 Å². The summed E-state index contributed by atoms with van der Waals surface area (Å²) in [6.07, 6.45) is -0.625. The summed E-state index contributed by atoms with van der Waals surface area (Å²) in [5.74, 6) is 0. The van der Waals surface area contributed by atoms with Crippen LogP contribution in [-0.4, -0.2) is 29.9 Å². The van der Waals surface area contributed by atoms with Crippen LogP contribution in [0.4, 0.5) is 21.0 Å². The second kappa shape index (κ2) is 9.98. The summed E-state index contributed by atoms with van der Waals surface area (Å²) >= 11 is 0. The number of rotatable bonds is 6. The Balaban J connectivity index is 1.39. The second-order valence-electron chi connectivity index (χ2n) is 7.48. The summed E-state index contributed by atoms with van der Waals surface area (Å²) in [7, 11) is 0. The van der Waals surface area contributed by atoms with Crippen molar-refractivity contribution in [2.75, 3.05) is 16.8 Å². The lowest BCUT2D eigenvalue weighted by Gasteiger charge is -2.23. The molecule has 1 heterocycles. The molecule has 3 aromatic carbocycles. The topological polar surface area (TPSA) is 88.1 Å². The van der Waals surface area contributed by atoms with Crippen LogP contribution in [0.2, 0.25) is 0 Å². The molecule has 1 unspecified atom stereocenters. The second-order valence-corrected chi connectivity index (χ2v) is 7.48. The average Bonchev–Trinajstić information content (AvgIpc) is 3.20. The molecule has 1 atom stereocenters. The van der Waals surface area contributed by atoms with Crippen LogP contribution < -0.4 is 10.2 Å². The van der Waals surface area contributed by atoms with Gasteiger partial charge in [-0.2, -0.15) is 0 Å². The summed E-state index contributed by atoms with van der Waals surface area (Å²) in [6.45, 7) is 0.124. The van der Waals surface area contributed by atoms with Crippen LogP contribution in [0.25, 0.3) is 0 Å². The molecule has 32 heavy (non-hydrogen) atoms. The van der Waals surface area contributed by atoms with Gasteiger partial charge < -0.3 is 14.6 Å². The molecule has 0 saturated carbocycles. The lowest BCUT2D eigenvalue weighted by Crippen LogP contribution is -2.40. The molecule has 7 heteroatoms. The summed E-state index contributed by atoms with van der Waals surface area (Å²) in [5, 5.41) is 12.5. The Morgan fingerprint density at radius 1 is 0.906 bits per heavy atom. The van der Waals surface area contributed by atoms with Gasteiger partial charge in [-0.3, -0.25) is 10.2 Å². The van der Waals surface area contributed by atoms with Crippen molar-refractivity contribution in [3.63, 3.8) is 0 Å². The van der Waals surface area contributed by atoms with Crippen molar-refractivity contribution in [2.45, 2.75) is 25.7 Å². The molecule has 4 rings (SSSR count). The molecule has 164 valence electrons. The molecule has 1 aliphatic rings. The van der Waals surface area contributed by atoms with Crippen molar-refractivity contribution >= 4 is 23.6 Å². The number of aliphatic hydroxyl groups excluding tert-OH is 1. The third-order valence-corrected chi connectivity index (χ3v) is 5.23. The highest BCUT2D eigenvalue weighted by atomic mass is 16.6. The minimum atomic E-state index is -0.565. The van der Waals surface area contributed by atoms with Crippen molar-refractivity contribution < 1.29 is 24.2 Å². The van der Waals surface area contributed by atoms with E-state index in [0.29, 0.717) is 17.8 Å². The van der Waals surface area contributed by atoms with Gasteiger partial charge in [0.2, 0.25) is 0 Å². The molecule has 3 aromatic rings. The molecule has 1 aliphatic heterocycles. The summed E-state index contributed by atoms with van der Waals surface area (Å²) < 4.78 is 10.7. The molecular weight excluding hydrogens is 408 g/mol. The van der Waals surface area contributed by atoms with Gasteiger partial charge in [0.05, 0.1) is 18.3 Å². The number of ether oxygens (including phenoxy) is 2. The Hall–Kier alpha value is -3.84. The zero-order valence-corrected chi connectivity index (χ0v) is 17.4. The first-order valence-electron chi connectivity index (χ1n) is 10.4. The van der Waals surface area contributed by atoms with E-state index in [2.05, 4.69) is 5.32 Å². The van der Waals surface area contributed by atoms with Gasteiger partial charge >= 0.3 is 12.2 Å². The minimum absolute atomic E-state index is 0.149. The fourth-order valence-electron chi connectivity index (χ4n) is 3.66. The van der Waals surface area contributed by atoms with E-state index >= 15 is 0 Å². The number of hydrogen-bond acceptors (Lipinski definition) is 5. The van der Waals surface area contributed by atoms with E-state index < -0.39 is 18.2 Å². The molecule has 0 radical (unpaired) electrons. The van der Waals surface area contributed by atoms with E-state index in [9.17, 15) is 14.7 Å². The fourth-order valence-corrected chi connectivity index (χ4v) is 3.66.